The smallest absolute Gasteiger partial charge is 0.0652 e. The van der Waals surface area contributed by atoms with Gasteiger partial charge in [0.15, 0.2) is 0 Å². The molecule has 1 atom stereocenters. The second-order valence-corrected chi connectivity index (χ2v) is 14.7. The van der Waals surface area contributed by atoms with E-state index in [1.54, 1.807) is 0 Å². The van der Waals surface area contributed by atoms with E-state index in [-0.39, 0.29) is 0 Å². The minimum atomic E-state index is -2.59. The third-order valence-corrected chi connectivity index (χ3v) is 15.0. The standard InChI is InChI=1S/C20H20BrP.BrH2P/c1-2-22(21,18-12-6-3-7-13-18,19-14-8-4-9-15-19)20-16-10-5-11-17-20;1-2/h3-17H,2H2,1H3;2H2. The SMILES string of the molecule is CCP(Br)(c1ccccc1)(c1ccccc1)c1ccccc1.PBr. The van der Waals surface area contributed by atoms with Crippen LogP contribution in [0.4, 0.5) is 0 Å². The summed E-state index contributed by atoms with van der Waals surface area (Å²) in [5, 5.41) is 1.56. The largest absolute Gasteiger partial charge is 0.0679 e. The van der Waals surface area contributed by atoms with Crippen molar-refractivity contribution in [3.05, 3.63) is 91.0 Å². The normalized spacial score (nSPS) is 12.4. The van der Waals surface area contributed by atoms with Crippen LogP contribution in [-0.2, 0) is 0 Å². The van der Waals surface area contributed by atoms with Crippen LogP contribution in [0.15, 0.2) is 91.0 Å². The molecule has 3 aromatic carbocycles. The van der Waals surface area contributed by atoms with Crippen molar-refractivity contribution in [2.24, 2.45) is 0 Å². The summed E-state index contributed by atoms with van der Waals surface area (Å²) < 4.78 is 0. The summed E-state index contributed by atoms with van der Waals surface area (Å²) in [6.07, 6.45) is 1.05. The van der Waals surface area contributed by atoms with E-state index in [2.05, 4.69) is 137 Å². The molecular formula is C20H22Br2P2. The molecule has 0 saturated carbocycles. The Morgan fingerprint density at radius 1 is 0.625 bits per heavy atom. The van der Waals surface area contributed by atoms with Gasteiger partial charge in [-0.3, -0.25) is 0 Å². The van der Waals surface area contributed by atoms with Crippen LogP contribution >= 0.6 is 44.2 Å². The van der Waals surface area contributed by atoms with Gasteiger partial charge in [-0.1, -0.05) is 23.4 Å². The monoisotopic (exact) mass is 482 g/mol. The zero-order valence-electron chi connectivity index (χ0n) is 13.6. The van der Waals surface area contributed by atoms with Crippen LogP contribution in [0.5, 0.6) is 0 Å². The van der Waals surface area contributed by atoms with Gasteiger partial charge in [-0.15, -0.1) is 0 Å². The first-order chi connectivity index (χ1) is 11.7. The van der Waals surface area contributed by atoms with Gasteiger partial charge in [0.1, 0.15) is 0 Å². The second kappa shape index (κ2) is 8.72. The predicted octanol–water partition coefficient (Wildman–Crippen LogP) is 6.02. The Kier molecular flexibility index (Phi) is 7.20. The van der Waals surface area contributed by atoms with E-state index < -0.39 is 5.31 Å². The topological polar surface area (TPSA) is 0 Å². The van der Waals surface area contributed by atoms with Gasteiger partial charge in [0.05, 0.1) is 0 Å². The Balaban J connectivity index is 0.00000100. The molecule has 0 spiro atoms. The van der Waals surface area contributed by atoms with E-state index in [0.717, 1.165) is 6.16 Å². The summed E-state index contributed by atoms with van der Waals surface area (Å²) >= 11 is 7.20. The Bertz CT molecular complexity index is 647. The summed E-state index contributed by atoms with van der Waals surface area (Å²) in [5.74, 6) is 0. The summed E-state index contributed by atoms with van der Waals surface area (Å²) in [7, 11) is 2.23. The number of benzene rings is 3. The van der Waals surface area contributed by atoms with Crippen molar-refractivity contribution in [3.8, 4) is 0 Å². The van der Waals surface area contributed by atoms with Gasteiger partial charge < -0.3 is 0 Å². The van der Waals surface area contributed by atoms with E-state index in [1.807, 2.05) is 0 Å². The molecule has 0 N–H and O–H groups in total. The molecule has 24 heavy (non-hydrogen) atoms. The molecule has 0 radical (unpaired) electrons. The fourth-order valence-corrected chi connectivity index (χ4v) is 9.71. The molecule has 0 aliphatic rings. The molecular weight excluding hydrogens is 462 g/mol. The van der Waals surface area contributed by atoms with Gasteiger partial charge in [0.2, 0.25) is 0 Å². The molecule has 0 nitrogen and oxygen atoms in total. The van der Waals surface area contributed by atoms with Gasteiger partial charge in [-0.05, 0) is 0 Å². The molecule has 0 fully saturated rings. The molecule has 0 amide bonds. The van der Waals surface area contributed by atoms with Crippen molar-refractivity contribution in [3.63, 3.8) is 0 Å². The molecule has 126 valence electrons. The molecule has 0 aliphatic heterocycles. The number of halogens is 2. The van der Waals surface area contributed by atoms with Crippen molar-refractivity contribution in [1.29, 1.82) is 0 Å². The molecule has 0 saturated heterocycles. The molecule has 0 aromatic heterocycles. The van der Waals surface area contributed by atoms with Crippen molar-refractivity contribution in [2.75, 3.05) is 6.16 Å². The van der Waals surface area contributed by atoms with Gasteiger partial charge in [0.25, 0.3) is 0 Å². The molecule has 0 bridgehead atoms. The molecule has 0 heterocycles. The van der Waals surface area contributed by atoms with E-state index in [9.17, 15) is 0 Å². The molecule has 4 heteroatoms. The maximum atomic E-state index is 4.35. The minimum Gasteiger partial charge on any atom is -0.0679 e. The Morgan fingerprint density at radius 3 is 1.08 bits per heavy atom. The third-order valence-electron chi connectivity index (χ3n) is 4.48. The van der Waals surface area contributed by atoms with Crippen molar-refractivity contribution in [2.45, 2.75) is 6.92 Å². The number of hydrogen-bond acceptors (Lipinski definition) is 0. The van der Waals surface area contributed by atoms with E-state index in [4.69, 9.17) is 0 Å². The van der Waals surface area contributed by atoms with Crippen LogP contribution in [0.3, 0.4) is 0 Å². The van der Waals surface area contributed by atoms with Crippen molar-refractivity contribution in [1.82, 2.24) is 0 Å². The fourth-order valence-electron chi connectivity index (χ4n) is 3.21. The minimum absolute atomic E-state index is 1.05. The Labute approximate surface area is 163 Å². The third kappa shape index (κ3) is 3.40. The fraction of sp³-hybridized carbons (Fsp3) is 0.100. The first kappa shape index (κ1) is 19.8. The maximum absolute atomic E-state index is 4.35. The van der Waals surface area contributed by atoms with Crippen LogP contribution < -0.4 is 15.9 Å². The van der Waals surface area contributed by atoms with Crippen LogP contribution in [0.2, 0.25) is 0 Å². The molecule has 1 unspecified atom stereocenters. The zero-order chi connectivity index (χ0) is 17.5. The second-order valence-electron chi connectivity index (χ2n) is 5.51. The van der Waals surface area contributed by atoms with Gasteiger partial charge >= 0.3 is 141 Å². The molecule has 0 aliphatic carbocycles. The number of rotatable bonds is 4. The van der Waals surface area contributed by atoms with E-state index >= 15 is 0 Å². The first-order valence-corrected chi connectivity index (χ1v) is 15.4. The summed E-state index contributed by atoms with van der Waals surface area (Å²) in [5.41, 5.74) is 0. The molecule has 3 rings (SSSR count). The Morgan fingerprint density at radius 2 is 0.875 bits per heavy atom. The van der Waals surface area contributed by atoms with Crippen molar-refractivity contribution >= 4 is 60.1 Å². The van der Waals surface area contributed by atoms with Crippen LogP contribution in [-0.4, -0.2) is 6.16 Å². The van der Waals surface area contributed by atoms with E-state index in [0.29, 0.717) is 0 Å². The van der Waals surface area contributed by atoms with Gasteiger partial charge in [-0.2, -0.15) is 0 Å². The van der Waals surface area contributed by atoms with Crippen LogP contribution in [0.25, 0.3) is 0 Å². The van der Waals surface area contributed by atoms with E-state index in [1.165, 1.54) is 15.9 Å². The average Bonchev–Trinajstić information content (AvgIpc) is 2.71. The van der Waals surface area contributed by atoms with Crippen LogP contribution in [0.1, 0.15) is 6.92 Å². The average molecular weight is 484 g/mol. The van der Waals surface area contributed by atoms with Gasteiger partial charge in [-0.25, -0.2) is 0 Å². The van der Waals surface area contributed by atoms with Crippen LogP contribution in [0, 0.1) is 0 Å². The summed E-state index contributed by atoms with van der Waals surface area (Å²) in [6, 6.07) is 32.7. The Hall–Kier alpha value is -0.520. The quantitative estimate of drug-likeness (QED) is 0.398. The zero-order valence-corrected chi connectivity index (χ0v) is 18.9. The summed E-state index contributed by atoms with van der Waals surface area (Å²) in [6.45, 7) is 2.29. The predicted molar refractivity (Wildman–Crippen MR) is 123 cm³/mol. The molecule has 3 aromatic rings. The maximum Gasteiger partial charge on any atom is -0.0652 e. The van der Waals surface area contributed by atoms with Crippen molar-refractivity contribution < 1.29 is 0 Å². The number of hydrogen-bond donors (Lipinski definition) is 0. The summed E-state index contributed by atoms with van der Waals surface area (Å²) in [4.78, 5) is 0. The first-order valence-electron chi connectivity index (χ1n) is 7.81. The van der Waals surface area contributed by atoms with Gasteiger partial charge in [0, 0.05) is 0 Å².